The van der Waals surface area contributed by atoms with E-state index in [9.17, 15) is 0 Å². The van der Waals surface area contributed by atoms with Gasteiger partial charge < -0.3 is 9.88 Å². The Hall–Kier alpha value is -5.39. The first-order valence-corrected chi connectivity index (χ1v) is 15.5. The number of allylic oxidation sites excluding steroid dienone is 2. The maximum absolute atomic E-state index is 5.37. The lowest BCUT2D eigenvalue weighted by Crippen LogP contribution is -2.29. The predicted molar refractivity (Wildman–Crippen MR) is 184 cm³/mol. The summed E-state index contributed by atoms with van der Waals surface area (Å²) in [5.41, 5.74) is 8.23. The summed E-state index contributed by atoms with van der Waals surface area (Å²) >= 11 is 1.92. The van der Waals surface area contributed by atoms with Crippen LogP contribution in [0, 0.1) is 0 Å². The van der Waals surface area contributed by atoms with Gasteiger partial charge >= 0.3 is 0 Å². The maximum atomic E-state index is 5.37. The molecule has 5 heterocycles. The fraction of sp³-hybridized carbons (Fsp3) is 0.0263. The van der Waals surface area contributed by atoms with Crippen LogP contribution in [0.3, 0.4) is 0 Å². The molecule has 0 amide bonds. The molecule has 1 aliphatic carbocycles. The summed E-state index contributed by atoms with van der Waals surface area (Å²) in [6.45, 7) is 0. The van der Waals surface area contributed by atoms with E-state index in [4.69, 9.17) is 4.99 Å². The topological polar surface area (TPSA) is 33.7 Å². The van der Waals surface area contributed by atoms with E-state index < -0.39 is 0 Å². The average Bonchev–Trinajstić information content (AvgIpc) is 3.79. The number of aromatic nitrogens is 2. The second-order valence-corrected chi connectivity index (χ2v) is 12.6. The monoisotopic (exact) mass is 566 g/mol. The Morgan fingerprint density at radius 1 is 0.651 bits per heavy atom. The Kier molecular flexibility index (Phi) is 3.99. The van der Waals surface area contributed by atoms with Crippen LogP contribution in [0.4, 0.5) is 11.5 Å². The zero-order valence-electron chi connectivity index (χ0n) is 22.9. The minimum absolute atomic E-state index is 0.0817. The molecule has 0 bridgehead atoms. The number of nitrogens with one attached hydrogen (secondary N) is 1. The van der Waals surface area contributed by atoms with Gasteiger partial charge in [-0.1, -0.05) is 91.0 Å². The van der Waals surface area contributed by atoms with Gasteiger partial charge in [0.25, 0.3) is 0 Å². The maximum Gasteiger partial charge on any atom is 0.162 e. The van der Waals surface area contributed by atoms with E-state index in [1.54, 1.807) is 0 Å². The van der Waals surface area contributed by atoms with Gasteiger partial charge in [-0.3, -0.25) is 4.40 Å². The number of hydrogen-bond acceptors (Lipinski definition) is 3. The van der Waals surface area contributed by atoms with E-state index in [2.05, 4.69) is 136 Å². The van der Waals surface area contributed by atoms with Crippen LogP contribution in [-0.2, 0) is 0 Å². The average molecular weight is 567 g/mol. The van der Waals surface area contributed by atoms with Crippen LogP contribution in [0.2, 0.25) is 0 Å². The number of anilines is 1. The van der Waals surface area contributed by atoms with Crippen LogP contribution in [0.25, 0.3) is 74.9 Å². The smallest absolute Gasteiger partial charge is 0.162 e. The van der Waals surface area contributed by atoms with Crippen LogP contribution in [0.5, 0.6) is 0 Å². The van der Waals surface area contributed by atoms with Gasteiger partial charge in [0.05, 0.1) is 39.5 Å². The van der Waals surface area contributed by atoms with E-state index in [-0.39, 0.29) is 6.04 Å². The van der Waals surface area contributed by atoms with Crippen molar-refractivity contribution in [2.45, 2.75) is 6.04 Å². The highest BCUT2D eigenvalue weighted by Gasteiger charge is 2.32. The van der Waals surface area contributed by atoms with Crippen molar-refractivity contribution in [2.75, 3.05) is 5.32 Å². The number of nitrogens with zero attached hydrogens (tertiary/aromatic N) is 3. The van der Waals surface area contributed by atoms with Crippen molar-refractivity contribution in [3.8, 4) is 5.69 Å². The number of aliphatic imine (C=N–C) groups is 1. The summed E-state index contributed by atoms with van der Waals surface area (Å²) in [6.07, 6.45) is 8.52. The molecule has 0 radical (unpaired) electrons. The summed E-state index contributed by atoms with van der Waals surface area (Å²) in [4.78, 5) is 5.37. The van der Waals surface area contributed by atoms with E-state index in [0.717, 1.165) is 22.9 Å². The molecule has 1 atom stereocenters. The SMILES string of the molecule is C1=CC2=Nc3c(c4cccc5c6c7c8ccccc8sc7c7c8ccccc8n(-c8ccccc8)c7c6n3c45)NC2C=C1. The number of hydrogen-bond donors (Lipinski definition) is 1. The highest BCUT2D eigenvalue weighted by atomic mass is 32.1. The molecule has 2 aliphatic rings. The van der Waals surface area contributed by atoms with Crippen LogP contribution >= 0.6 is 11.3 Å². The molecule has 200 valence electrons. The Labute approximate surface area is 249 Å². The van der Waals surface area contributed by atoms with Gasteiger partial charge in [0.15, 0.2) is 5.82 Å². The highest BCUT2D eigenvalue weighted by molar-refractivity contribution is 7.27. The summed E-state index contributed by atoms with van der Waals surface area (Å²) in [5, 5.41) is 12.9. The van der Waals surface area contributed by atoms with E-state index in [0.29, 0.717) is 0 Å². The quantitative estimate of drug-likeness (QED) is 0.211. The zero-order chi connectivity index (χ0) is 27.8. The molecular formula is C38H22N4S. The Morgan fingerprint density at radius 2 is 1.44 bits per heavy atom. The Morgan fingerprint density at radius 3 is 2.37 bits per heavy atom. The molecule has 11 rings (SSSR count). The summed E-state index contributed by atoms with van der Waals surface area (Å²) in [7, 11) is 0. The summed E-state index contributed by atoms with van der Waals surface area (Å²) < 4.78 is 7.61. The van der Waals surface area contributed by atoms with Gasteiger partial charge in [-0.25, -0.2) is 4.99 Å². The molecular weight excluding hydrogens is 545 g/mol. The summed E-state index contributed by atoms with van der Waals surface area (Å²) in [6, 6.07) is 35.5. The first kappa shape index (κ1) is 22.2. The van der Waals surface area contributed by atoms with Crippen molar-refractivity contribution >= 4 is 97.7 Å². The molecule has 1 N–H and O–H groups in total. The Balaban J connectivity index is 1.51. The molecule has 43 heavy (non-hydrogen) atoms. The van der Waals surface area contributed by atoms with Gasteiger partial charge in [0, 0.05) is 52.8 Å². The van der Waals surface area contributed by atoms with Crippen molar-refractivity contribution in [2.24, 2.45) is 4.99 Å². The van der Waals surface area contributed by atoms with Crippen molar-refractivity contribution in [3.05, 3.63) is 121 Å². The first-order chi connectivity index (χ1) is 21.4. The molecule has 1 aliphatic heterocycles. The standard InChI is InChI=1S/C38H22N4S/c1-2-11-21(12-3-1)41-28-19-8-4-13-22(28)32-36(41)35-30(31-23-14-5-9-20-29(23)43-37(31)32)24-15-10-16-25-33-38(42(35)34(24)25)40-27-18-7-6-17-26(27)39-33/h1-20,26,39H. The number of fused-ring (bicyclic) bond motifs is 16. The van der Waals surface area contributed by atoms with E-state index in [1.165, 1.54) is 69.2 Å². The largest absolute Gasteiger partial charge is 0.370 e. The lowest BCUT2D eigenvalue weighted by Gasteiger charge is -2.23. The van der Waals surface area contributed by atoms with Crippen molar-refractivity contribution < 1.29 is 0 Å². The molecule has 5 heteroatoms. The third-order valence-corrected chi connectivity index (χ3v) is 10.6. The second kappa shape index (κ2) is 7.71. The molecule has 0 saturated carbocycles. The zero-order valence-corrected chi connectivity index (χ0v) is 23.7. The molecule has 5 aromatic carbocycles. The second-order valence-electron chi connectivity index (χ2n) is 11.6. The van der Waals surface area contributed by atoms with Crippen molar-refractivity contribution in [3.63, 3.8) is 0 Å². The minimum atomic E-state index is 0.0817. The molecule has 0 saturated heterocycles. The van der Waals surface area contributed by atoms with Crippen LogP contribution < -0.4 is 5.32 Å². The molecule has 0 fully saturated rings. The van der Waals surface area contributed by atoms with Gasteiger partial charge in [-0.2, -0.15) is 0 Å². The van der Waals surface area contributed by atoms with E-state index in [1.807, 2.05) is 11.3 Å². The predicted octanol–water partition coefficient (Wildman–Crippen LogP) is 10.1. The highest BCUT2D eigenvalue weighted by Crippen LogP contribution is 2.54. The van der Waals surface area contributed by atoms with Gasteiger partial charge in [0.2, 0.25) is 0 Å². The van der Waals surface area contributed by atoms with Crippen molar-refractivity contribution in [1.29, 1.82) is 0 Å². The molecule has 1 unspecified atom stereocenters. The number of rotatable bonds is 1. The van der Waals surface area contributed by atoms with E-state index >= 15 is 0 Å². The normalized spacial score (nSPS) is 16.3. The van der Waals surface area contributed by atoms with Crippen LogP contribution in [0.1, 0.15) is 0 Å². The van der Waals surface area contributed by atoms with Gasteiger partial charge in [0.1, 0.15) is 0 Å². The van der Waals surface area contributed by atoms with Gasteiger partial charge in [-0.15, -0.1) is 11.3 Å². The Bertz CT molecular complexity index is 2750. The van der Waals surface area contributed by atoms with Crippen molar-refractivity contribution in [1.82, 2.24) is 8.97 Å². The number of thiophene rings is 1. The molecule has 0 spiro atoms. The molecule has 4 aromatic heterocycles. The molecule has 4 nitrogen and oxygen atoms in total. The number of benzene rings is 5. The lowest BCUT2D eigenvalue weighted by atomic mass is 10.0. The van der Waals surface area contributed by atoms with Crippen LogP contribution in [0.15, 0.2) is 126 Å². The number of para-hydroxylation sites is 3. The summed E-state index contributed by atoms with van der Waals surface area (Å²) in [5.74, 6) is 0.984. The molecule has 9 aromatic rings. The fourth-order valence-corrected chi connectivity index (χ4v) is 9.03. The fourth-order valence-electron chi connectivity index (χ4n) is 7.76. The van der Waals surface area contributed by atoms with Gasteiger partial charge in [-0.05, 0) is 30.3 Å². The third-order valence-electron chi connectivity index (χ3n) is 9.42. The lowest BCUT2D eigenvalue weighted by molar-refractivity contribution is 1.11. The third kappa shape index (κ3) is 2.61. The first-order valence-electron chi connectivity index (χ1n) is 14.7. The minimum Gasteiger partial charge on any atom is -0.370 e. The van der Waals surface area contributed by atoms with Crippen LogP contribution in [-0.4, -0.2) is 20.7 Å².